The number of amides is 1. The molecule has 1 unspecified atom stereocenters. The molecule has 0 aliphatic carbocycles. The summed E-state index contributed by atoms with van der Waals surface area (Å²) in [5, 5.41) is 10.3. The van der Waals surface area contributed by atoms with Gasteiger partial charge in [0.1, 0.15) is 11.1 Å². The van der Waals surface area contributed by atoms with Gasteiger partial charge in [-0.2, -0.15) is 5.10 Å². The van der Waals surface area contributed by atoms with Crippen molar-refractivity contribution in [2.75, 3.05) is 11.9 Å². The number of ether oxygens (including phenoxy) is 1. The highest BCUT2D eigenvalue weighted by Gasteiger charge is 2.15. The normalized spacial score (nSPS) is 12.4. The molecule has 0 spiro atoms. The Kier molecular flexibility index (Phi) is 5.31. The number of anilines is 1. The van der Waals surface area contributed by atoms with Crippen LogP contribution in [0.2, 0.25) is 0 Å². The quantitative estimate of drug-likeness (QED) is 0.887. The molecular formula is C15H22N4O2S. The van der Waals surface area contributed by atoms with Crippen molar-refractivity contribution >= 4 is 22.9 Å². The van der Waals surface area contributed by atoms with Gasteiger partial charge in [0, 0.05) is 18.9 Å². The van der Waals surface area contributed by atoms with Gasteiger partial charge >= 0.3 is 0 Å². The molecule has 7 heteroatoms. The highest BCUT2D eigenvalue weighted by atomic mass is 32.1. The number of hydrogen-bond acceptors (Lipinski definition) is 5. The predicted octanol–water partition coefficient (Wildman–Crippen LogP) is 3.06. The largest absolute Gasteiger partial charge is 0.372 e. The van der Waals surface area contributed by atoms with Crippen molar-refractivity contribution in [3.8, 4) is 0 Å². The molecule has 1 atom stereocenters. The second kappa shape index (κ2) is 7.02. The lowest BCUT2D eigenvalue weighted by Crippen LogP contribution is -2.09. The van der Waals surface area contributed by atoms with Gasteiger partial charge in [0.05, 0.1) is 29.3 Å². The fraction of sp³-hybridized carbons (Fsp3) is 0.533. The summed E-state index contributed by atoms with van der Waals surface area (Å²) in [6, 6.07) is 0. The zero-order chi connectivity index (χ0) is 16.3. The number of hydrogen-bond donors (Lipinski definition) is 1. The fourth-order valence-corrected chi connectivity index (χ4v) is 3.08. The minimum absolute atomic E-state index is 0.0131. The number of carbonyl (C=O) groups excluding carboxylic acids is 1. The van der Waals surface area contributed by atoms with E-state index < -0.39 is 0 Å². The number of nitrogens with zero attached hydrogens (tertiary/aromatic N) is 3. The Bertz CT molecular complexity index is 663. The van der Waals surface area contributed by atoms with Crippen molar-refractivity contribution < 1.29 is 9.53 Å². The second-order valence-corrected chi connectivity index (χ2v) is 6.05. The van der Waals surface area contributed by atoms with E-state index in [1.165, 1.54) is 6.92 Å². The van der Waals surface area contributed by atoms with Crippen molar-refractivity contribution in [1.82, 2.24) is 14.8 Å². The number of rotatable bonds is 6. The molecule has 2 heterocycles. The van der Waals surface area contributed by atoms with E-state index in [0.29, 0.717) is 13.2 Å². The first-order valence-electron chi connectivity index (χ1n) is 7.29. The molecule has 120 valence electrons. The highest BCUT2D eigenvalue weighted by Crippen LogP contribution is 2.23. The van der Waals surface area contributed by atoms with Crippen LogP contribution < -0.4 is 5.32 Å². The number of nitrogens with one attached hydrogen (secondary N) is 1. The molecule has 6 nitrogen and oxygen atoms in total. The van der Waals surface area contributed by atoms with Gasteiger partial charge in [-0.1, -0.05) is 0 Å². The van der Waals surface area contributed by atoms with E-state index in [2.05, 4.69) is 15.4 Å². The Balaban J connectivity index is 2.16. The Morgan fingerprint density at radius 3 is 2.86 bits per heavy atom. The molecule has 2 aromatic rings. The Morgan fingerprint density at radius 2 is 2.23 bits per heavy atom. The Labute approximate surface area is 134 Å². The second-order valence-electron chi connectivity index (χ2n) is 5.16. The Morgan fingerprint density at radius 1 is 1.50 bits per heavy atom. The van der Waals surface area contributed by atoms with Crippen LogP contribution in [0.4, 0.5) is 5.69 Å². The van der Waals surface area contributed by atoms with Gasteiger partial charge in [0.25, 0.3) is 0 Å². The van der Waals surface area contributed by atoms with Crippen LogP contribution in [0.15, 0.2) is 5.38 Å². The third kappa shape index (κ3) is 3.72. The zero-order valence-electron chi connectivity index (χ0n) is 13.6. The lowest BCUT2D eigenvalue weighted by atomic mass is 10.3. The summed E-state index contributed by atoms with van der Waals surface area (Å²) in [4.78, 5) is 15.9. The molecule has 0 saturated carbocycles. The van der Waals surface area contributed by atoms with Crippen molar-refractivity contribution in [3.63, 3.8) is 0 Å². The fourth-order valence-electron chi connectivity index (χ4n) is 2.26. The van der Waals surface area contributed by atoms with E-state index in [4.69, 9.17) is 4.74 Å². The molecule has 0 aliphatic heterocycles. The van der Waals surface area contributed by atoms with Crippen LogP contribution in [0.25, 0.3) is 0 Å². The smallest absolute Gasteiger partial charge is 0.221 e. The minimum Gasteiger partial charge on any atom is -0.372 e. The number of aryl methyl sites for hydroxylation is 1. The molecule has 0 aliphatic rings. The van der Waals surface area contributed by atoms with Crippen molar-refractivity contribution in [3.05, 3.63) is 27.5 Å². The first-order chi connectivity index (χ1) is 10.4. The van der Waals surface area contributed by atoms with Crippen LogP contribution in [-0.2, 0) is 16.1 Å². The van der Waals surface area contributed by atoms with Gasteiger partial charge in [0.15, 0.2) is 0 Å². The maximum atomic E-state index is 11.3. The van der Waals surface area contributed by atoms with Gasteiger partial charge in [-0.3, -0.25) is 9.48 Å². The molecule has 22 heavy (non-hydrogen) atoms. The van der Waals surface area contributed by atoms with E-state index in [9.17, 15) is 4.79 Å². The van der Waals surface area contributed by atoms with Crippen molar-refractivity contribution in [1.29, 1.82) is 0 Å². The van der Waals surface area contributed by atoms with Gasteiger partial charge in [0.2, 0.25) is 5.91 Å². The maximum absolute atomic E-state index is 11.3. The van der Waals surface area contributed by atoms with Crippen LogP contribution >= 0.6 is 11.3 Å². The standard InChI is InChI=1S/C15H22N4O2S/c1-6-21-11(4)15-17-13(8-22-15)7-19-10(3)14(9(2)18-19)16-12(5)20/h8,11H,6-7H2,1-5H3,(H,16,20). The molecule has 0 radical (unpaired) electrons. The van der Waals surface area contributed by atoms with Crippen molar-refractivity contribution in [2.24, 2.45) is 0 Å². The lowest BCUT2D eigenvalue weighted by molar-refractivity contribution is -0.114. The molecule has 0 saturated heterocycles. The monoisotopic (exact) mass is 322 g/mol. The number of aromatic nitrogens is 3. The average molecular weight is 322 g/mol. The van der Waals surface area contributed by atoms with Gasteiger partial charge in [-0.15, -0.1) is 11.3 Å². The van der Waals surface area contributed by atoms with Crippen LogP contribution in [-0.4, -0.2) is 27.3 Å². The predicted molar refractivity (Wildman–Crippen MR) is 87.3 cm³/mol. The van der Waals surface area contributed by atoms with E-state index in [0.717, 1.165) is 27.8 Å². The lowest BCUT2D eigenvalue weighted by Gasteiger charge is -2.07. The molecule has 2 rings (SSSR count). The molecule has 0 aromatic carbocycles. The summed E-state index contributed by atoms with van der Waals surface area (Å²) in [6.07, 6.45) is 0.0131. The van der Waals surface area contributed by atoms with E-state index in [1.807, 2.05) is 37.8 Å². The summed E-state index contributed by atoms with van der Waals surface area (Å²) >= 11 is 1.60. The van der Waals surface area contributed by atoms with Gasteiger partial charge in [-0.25, -0.2) is 4.98 Å². The molecule has 0 bridgehead atoms. The number of thiazole rings is 1. The molecule has 0 fully saturated rings. The molecular weight excluding hydrogens is 300 g/mol. The maximum Gasteiger partial charge on any atom is 0.221 e. The summed E-state index contributed by atoms with van der Waals surface area (Å²) in [5.74, 6) is -0.0905. The zero-order valence-corrected chi connectivity index (χ0v) is 14.5. The van der Waals surface area contributed by atoms with Crippen LogP contribution in [0, 0.1) is 13.8 Å². The van der Waals surface area contributed by atoms with E-state index in [-0.39, 0.29) is 12.0 Å². The molecule has 2 aromatic heterocycles. The summed E-state index contributed by atoms with van der Waals surface area (Å²) in [6.45, 7) is 10.6. The van der Waals surface area contributed by atoms with E-state index >= 15 is 0 Å². The topological polar surface area (TPSA) is 69.0 Å². The van der Waals surface area contributed by atoms with Gasteiger partial charge in [-0.05, 0) is 27.7 Å². The van der Waals surface area contributed by atoms with Crippen molar-refractivity contribution in [2.45, 2.75) is 47.3 Å². The highest BCUT2D eigenvalue weighted by molar-refractivity contribution is 7.09. The minimum atomic E-state index is -0.0905. The van der Waals surface area contributed by atoms with Crippen LogP contribution in [0.3, 0.4) is 0 Å². The summed E-state index contributed by atoms with van der Waals surface area (Å²) in [5.41, 5.74) is 3.48. The third-order valence-corrected chi connectivity index (χ3v) is 4.38. The summed E-state index contributed by atoms with van der Waals surface area (Å²) < 4.78 is 7.43. The summed E-state index contributed by atoms with van der Waals surface area (Å²) in [7, 11) is 0. The van der Waals surface area contributed by atoms with Crippen LogP contribution in [0.5, 0.6) is 0 Å². The van der Waals surface area contributed by atoms with Crippen LogP contribution in [0.1, 0.15) is 49.0 Å². The molecule has 1 N–H and O–H groups in total. The van der Waals surface area contributed by atoms with Gasteiger partial charge < -0.3 is 10.1 Å². The third-order valence-electron chi connectivity index (χ3n) is 3.33. The first-order valence-corrected chi connectivity index (χ1v) is 8.17. The molecule has 1 amide bonds. The average Bonchev–Trinajstić information content (AvgIpc) is 3.00. The SMILES string of the molecule is CCOC(C)c1nc(Cn2nc(C)c(NC(C)=O)c2C)cs1. The Hall–Kier alpha value is -1.73. The number of carbonyl (C=O) groups is 1. The van der Waals surface area contributed by atoms with E-state index in [1.54, 1.807) is 11.3 Å². The first kappa shape index (κ1) is 16.6.